The average Bonchev–Trinajstić information content (AvgIpc) is 2.73. The highest BCUT2D eigenvalue weighted by atomic mass is 32.1. The molecule has 1 fully saturated rings. The maximum atomic E-state index is 11.4. The maximum absolute atomic E-state index is 11.4. The van der Waals surface area contributed by atoms with E-state index in [1.165, 1.54) is 0 Å². The van der Waals surface area contributed by atoms with Gasteiger partial charge in [-0.15, -0.1) is 10.2 Å². The van der Waals surface area contributed by atoms with E-state index in [4.69, 9.17) is 0 Å². The lowest BCUT2D eigenvalue weighted by Crippen LogP contribution is -2.30. The van der Waals surface area contributed by atoms with Crippen molar-refractivity contribution in [2.24, 2.45) is 5.92 Å². The molecular formula is C9H10N4O3S. The standard InChI is InChI=1S/C9H10N4O3S/c1-4(2)3-5-11-12-9(17-5)13-7(15)6(14)10-8(13)16/h4H,3H2,1-2H3,(H,10,14,16). The van der Waals surface area contributed by atoms with Gasteiger partial charge in [-0.25, -0.2) is 4.79 Å². The number of hydrogen-bond acceptors (Lipinski definition) is 6. The minimum atomic E-state index is -0.935. The molecule has 8 heteroatoms. The third-order valence-corrected chi connectivity index (χ3v) is 2.98. The molecule has 4 amide bonds. The van der Waals surface area contributed by atoms with Gasteiger partial charge in [0.2, 0.25) is 5.13 Å². The summed E-state index contributed by atoms with van der Waals surface area (Å²) in [5.74, 6) is -1.45. The second-order valence-corrected chi connectivity index (χ2v) is 5.02. The summed E-state index contributed by atoms with van der Waals surface area (Å²) in [6.45, 7) is 4.05. The molecule has 1 aromatic rings. The van der Waals surface area contributed by atoms with Crippen LogP contribution < -0.4 is 10.2 Å². The molecule has 0 aliphatic carbocycles. The van der Waals surface area contributed by atoms with Gasteiger partial charge in [-0.2, -0.15) is 4.90 Å². The minimum Gasteiger partial charge on any atom is -0.269 e. The van der Waals surface area contributed by atoms with Crippen LogP contribution in [0, 0.1) is 5.92 Å². The highest BCUT2D eigenvalue weighted by Gasteiger charge is 2.40. The molecule has 2 heterocycles. The topological polar surface area (TPSA) is 92.3 Å². The molecule has 1 N–H and O–H groups in total. The zero-order chi connectivity index (χ0) is 12.6. The van der Waals surface area contributed by atoms with Crippen LogP contribution in [0.1, 0.15) is 18.9 Å². The highest BCUT2D eigenvalue weighted by Crippen LogP contribution is 2.24. The molecule has 1 aliphatic heterocycles. The zero-order valence-electron chi connectivity index (χ0n) is 9.26. The number of anilines is 1. The summed E-state index contributed by atoms with van der Waals surface area (Å²) >= 11 is 1.14. The van der Waals surface area contributed by atoms with Crippen LogP contribution in [0.15, 0.2) is 0 Å². The Labute approximate surface area is 101 Å². The quantitative estimate of drug-likeness (QED) is 0.619. The number of rotatable bonds is 3. The highest BCUT2D eigenvalue weighted by molar-refractivity contribution is 7.15. The van der Waals surface area contributed by atoms with E-state index in [1.54, 1.807) is 0 Å². The SMILES string of the molecule is CC(C)Cc1nnc(N2C(=O)NC(=O)C2=O)s1. The number of nitrogens with zero attached hydrogens (tertiary/aromatic N) is 3. The normalized spacial score (nSPS) is 15.9. The molecule has 1 saturated heterocycles. The lowest BCUT2D eigenvalue weighted by atomic mass is 10.1. The van der Waals surface area contributed by atoms with Gasteiger partial charge < -0.3 is 0 Å². The van der Waals surface area contributed by atoms with Gasteiger partial charge in [-0.05, 0) is 5.92 Å². The summed E-state index contributed by atoms with van der Waals surface area (Å²) in [5, 5.41) is 10.4. The number of carbonyl (C=O) groups is 3. The van der Waals surface area contributed by atoms with Crippen molar-refractivity contribution in [2.45, 2.75) is 20.3 Å². The molecule has 0 saturated carbocycles. The van der Waals surface area contributed by atoms with E-state index in [-0.39, 0.29) is 5.13 Å². The fourth-order valence-corrected chi connectivity index (χ4v) is 2.39. The third-order valence-electron chi connectivity index (χ3n) is 2.05. The number of hydrogen-bond donors (Lipinski definition) is 1. The van der Waals surface area contributed by atoms with E-state index in [9.17, 15) is 14.4 Å². The van der Waals surface area contributed by atoms with E-state index < -0.39 is 17.8 Å². The molecule has 17 heavy (non-hydrogen) atoms. The average molecular weight is 254 g/mol. The van der Waals surface area contributed by atoms with Crippen LogP contribution in [-0.4, -0.2) is 28.0 Å². The molecule has 1 aromatic heterocycles. The Balaban J connectivity index is 2.23. The van der Waals surface area contributed by atoms with Crippen LogP contribution >= 0.6 is 11.3 Å². The van der Waals surface area contributed by atoms with Crippen LogP contribution in [-0.2, 0) is 16.0 Å². The second kappa shape index (κ2) is 4.21. The van der Waals surface area contributed by atoms with Crippen molar-refractivity contribution >= 4 is 34.3 Å². The molecular weight excluding hydrogens is 244 g/mol. The fraction of sp³-hybridized carbons (Fsp3) is 0.444. The summed E-state index contributed by atoms with van der Waals surface area (Å²) in [6.07, 6.45) is 0.718. The number of urea groups is 1. The number of amides is 4. The lowest BCUT2D eigenvalue weighted by molar-refractivity contribution is -0.134. The Morgan fingerprint density at radius 1 is 1.29 bits per heavy atom. The molecule has 0 bridgehead atoms. The molecule has 0 aromatic carbocycles. The van der Waals surface area contributed by atoms with Crippen LogP contribution in [0.25, 0.3) is 0 Å². The van der Waals surface area contributed by atoms with Crippen molar-refractivity contribution in [3.63, 3.8) is 0 Å². The summed E-state index contributed by atoms with van der Waals surface area (Å²) in [5.41, 5.74) is 0. The van der Waals surface area contributed by atoms with Crippen molar-refractivity contribution in [2.75, 3.05) is 4.90 Å². The van der Waals surface area contributed by atoms with Gasteiger partial charge in [0.05, 0.1) is 0 Å². The van der Waals surface area contributed by atoms with E-state index in [0.29, 0.717) is 10.8 Å². The van der Waals surface area contributed by atoms with Crippen molar-refractivity contribution in [1.29, 1.82) is 0 Å². The van der Waals surface area contributed by atoms with Crippen LogP contribution in [0.2, 0.25) is 0 Å². The maximum Gasteiger partial charge on any atom is 0.338 e. The van der Waals surface area contributed by atoms with Crippen LogP contribution in [0.4, 0.5) is 9.93 Å². The smallest absolute Gasteiger partial charge is 0.269 e. The van der Waals surface area contributed by atoms with Crippen LogP contribution in [0.5, 0.6) is 0 Å². The first-order chi connectivity index (χ1) is 7.99. The Bertz CT molecular complexity index is 496. The van der Waals surface area contributed by atoms with Gasteiger partial charge >= 0.3 is 17.8 Å². The third kappa shape index (κ3) is 2.16. The zero-order valence-corrected chi connectivity index (χ0v) is 10.1. The summed E-state index contributed by atoms with van der Waals surface area (Å²) < 4.78 is 0. The van der Waals surface area contributed by atoms with E-state index >= 15 is 0 Å². The molecule has 0 radical (unpaired) electrons. The largest absolute Gasteiger partial charge is 0.338 e. The Hall–Kier alpha value is -1.83. The second-order valence-electron chi connectivity index (χ2n) is 3.98. The van der Waals surface area contributed by atoms with Crippen LogP contribution in [0.3, 0.4) is 0 Å². The first-order valence-corrected chi connectivity index (χ1v) is 5.82. The van der Waals surface area contributed by atoms with Crippen molar-refractivity contribution in [3.05, 3.63) is 5.01 Å². The molecule has 0 atom stereocenters. The Morgan fingerprint density at radius 2 is 2.00 bits per heavy atom. The van der Waals surface area contributed by atoms with Gasteiger partial charge in [0.1, 0.15) is 5.01 Å². The van der Waals surface area contributed by atoms with E-state index in [1.807, 2.05) is 19.2 Å². The predicted octanol–water partition coefficient (Wildman–Crippen LogP) is 0.319. The number of nitrogens with one attached hydrogen (secondary N) is 1. The first-order valence-electron chi connectivity index (χ1n) is 5.01. The van der Waals surface area contributed by atoms with Crippen molar-refractivity contribution < 1.29 is 14.4 Å². The fourth-order valence-electron chi connectivity index (χ4n) is 1.34. The van der Waals surface area contributed by atoms with Gasteiger partial charge in [0.25, 0.3) is 0 Å². The van der Waals surface area contributed by atoms with E-state index in [2.05, 4.69) is 10.2 Å². The van der Waals surface area contributed by atoms with Gasteiger partial charge in [0, 0.05) is 6.42 Å². The molecule has 2 rings (SSSR count). The predicted molar refractivity (Wildman–Crippen MR) is 59.5 cm³/mol. The molecule has 0 unspecified atom stereocenters. The minimum absolute atomic E-state index is 0.133. The van der Waals surface area contributed by atoms with Crippen molar-refractivity contribution in [1.82, 2.24) is 15.5 Å². The molecule has 0 spiro atoms. The van der Waals surface area contributed by atoms with Gasteiger partial charge in [-0.3, -0.25) is 14.9 Å². The summed E-state index contributed by atoms with van der Waals surface area (Å²) in [6, 6.07) is -0.771. The summed E-state index contributed by atoms with van der Waals surface area (Å²) in [4.78, 5) is 34.4. The molecule has 7 nitrogen and oxygen atoms in total. The molecule has 1 aliphatic rings. The monoisotopic (exact) mass is 254 g/mol. The number of carbonyl (C=O) groups excluding carboxylic acids is 3. The van der Waals surface area contributed by atoms with Gasteiger partial charge in [0.15, 0.2) is 0 Å². The number of imide groups is 2. The van der Waals surface area contributed by atoms with Crippen molar-refractivity contribution in [3.8, 4) is 0 Å². The first kappa shape index (κ1) is 11.6. The summed E-state index contributed by atoms with van der Waals surface area (Å²) in [7, 11) is 0. The lowest BCUT2D eigenvalue weighted by Gasteiger charge is -2.04. The Morgan fingerprint density at radius 3 is 2.53 bits per heavy atom. The van der Waals surface area contributed by atoms with Gasteiger partial charge in [-0.1, -0.05) is 25.2 Å². The van der Waals surface area contributed by atoms with E-state index in [0.717, 1.165) is 22.8 Å². The molecule has 90 valence electrons. The Kier molecular flexibility index (Phi) is 2.88. The number of aromatic nitrogens is 2.